The second-order valence-electron chi connectivity index (χ2n) is 5.66. The summed E-state index contributed by atoms with van der Waals surface area (Å²) in [5.74, 6) is -2.09. The van der Waals surface area contributed by atoms with E-state index >= 15 is 0 Å². The van der Waals surface area contributed by atoms with Gasteiger partial charge in [-0.15, -0.1) is 0 Å². The van der Waals surface area contributed by atoms with Crippen molar-refractivity contribution >= 4 is 69.9 Å². The van der Waals surface area contributed by atoms with Crippen LogP contribution in [-0.2, 0) is 9.59 Å². The van der Waals surface area contributed by atoms with Gasteiger partial charge in [0, 0.05) is 6.21 Å². The number of amides is 2. The lowest BCUT2D eigenvalue weighted by Gasteiger charge is -2.30. The molecule has 8 heteroatoms. The largest absolute Gasteiger partial charge is 0.301 e. The zero-order valence-electron chi connectivity index (χ0n) is 13.6. The fourth-order valence-electron chi connectivity index (χ4n) is 2.39. The molecule has 0 bridgehead atoms. The average molecular weight is 406 g/mol. The summed E-state index contributed by atoms with van der Waals surface area (Å²) in [5.41, 5.74) is 2.11. The number of anilines is 1. The van der Waals surface area contributed by atoms with Gasteiger partial charge in [-0.3, -0.25) is 19.5 Å². The normalized spacial score (nSPS) is 17.7. The highest BCUT2D eigenvalue weighted by Gasteiger charge is 2.38. The third kappa shape index (κ3) is 3.77. The van der Waals surface area contributed by atoms with Crippen LogP contribution in [0.3, 0.4) is 0 Å². The first kappa shape index (κ1) is 18.5. The van der Waals surface area contributed by atoms with Crippen molar-refractivity contribution in [3.63, 3.8) is 0 Å². The number of rotatable bonds is 3. The number of nitrogens with zero attached hydrogens (tertiary/aromatic N) is 2. The quantitative estimate of drug-likeness (QED) is 0.475. The molecule has 0 aliphatic carbocycles. The Hall–Kier alpha value is -2.28. The summed E-state index contributed by atoms with van der Waals surface area (Å²) in [4.78, 5) is 30.5. The molecule has 1 N–H and O–H groups in total. The minimum atomic E-state index is -1.10. The number of aliphatic imine (C=N–C) groups is 1. The van der Waals surface area contributed by atoms with E-state index < -0.39 is 17.7 Å². The molecule has 0 unspecified atom stereocenters. The number of carbonyl (C=O) groups excluding carboxylic acids is 2. The molecule has 0 aromatic heterocycles. The molecular formula is C18H13Cl2N3O2S. The first-order valence-electron chi connectivity index (χ1n) is 7.61. The van der Waals surface area contributed by atoms with Crippen LogP contribution in [0.25, 0.3) is 0 Å². The molecule has 1 heterocycles. The molecule has 132 valence electrons. The van der Waals surface area contributed by atoms with Crippen LogP contribution in [0, 0.1) is 12.8 Å². The van der Waals surface area contributed by atoms with Crippen molar-refractivity contribution in [3.8, 4) is 0 Å². The lowest BCUT2D eigenvalue weighted by molar-refractivity contribution is -0.130. The lowest BCUT2D eigenvalue weighted by atomic mass is 10.1. The molecule has 0 saturated carbocycles. The van der Waals surface area contributed by atoms with Crippen LogP contribution < -0.4 is 10.2 Å². The summed E-state index contributed by atoms with van der Waals surface area (Å²) in [5, 5.41) is 3.32. The van der Waals surface area contributed by atoms with E-state index in [2.05, 4.69) is 10.3 Å². The van der Waals surface area contributed by atoms with Crippen molar-refractivity contribution in [2.24, 2.45) is 10.9 Å². The Morgan fingerprint density at radius 1 is 1.12 bits per heavy atom. The van der Waals surface area contributed by atoms with E-state index in [-0.39, 0.29) is 5.11 Å². The summed E-state index contributed by atoms with van der Waals surface area (Å²) in [7, 11) is 0. The van der Waals surface area contributed by atoms with Crippen LogP contribution in [0.4, 0.5) is 11.4 Å². The highest BCUT2D eigenvalue weighted by Crippen LogP contribution is 2.27. The van der Waals surface area contributed by atoms with Crippen LogP contribution in [0.5, 0.6) is 0 Å². The molecule has 1 atom stereocenters. The van der Waals surface area contributed by atoms with E-state index in [4.69, 9.17) is 35.4 Å². The van der Waals surface area contributed by atoms with E-state index in [0.717, 1.165) is 5.56 Å². The highest BCUT2D eigenvalue weighted by atomic mass is 35.5. The summed E-state index contributed by atoms with van der Waals surface area (Å²) >= 11 is 17.0. The maximum absolute atomic E-state index is 12.8. The minimum absolute atomic E-state index is 0.0445. The Morgan fingerprint density at radius 3 is 2.46 bits per heavy atom. The minimum Gasteiger partial charge on any atom is -0.301 e. The number of halogens is 2. The maximum Gasteiger partial charge on any atom is 0.251 e. The third-order valence-electron chi connectivity index (χ3n) is 3.77. The van der Waals surface area contributed by atoms with Gasteiger partial charge >= 0.3 is 0 Å². The zero-order valence-corrected chi connectivity index (χ0v) is 15.9. The summed E-state index contributed by atoms with van der Waals surface area (Å²) in [6.45, 7) is 1.94. The number of hydrogen-bond donors (Lipinski definition) is 1. The molecule has 5 nitrogen and oxygen atoms in total. The molecule has 2 aromatic rings. The molecule has 2 aromatic carbocycles. The number of benzene rings is 2. The van der Waals surface area contributed by atoms with Gasteiger partial charge in [-0.05, 0) is 49.5 Å². The monoisotopic (exact) mass is 405 g/mol. The lowest BCUT2D eigenvalue weighted by Crippen LogP contribution is -2.58. The van der Waals surface area contributed by atoms with Crippen LogP contribution >= 0.6 is 35.4 Å². The SMILES string of the molecule is Cc1ccc(N2C(=O)[C@@H](C=Nc3ccc(Cl)c(Cl)c3)C(=O)NC2=S)cc1. The molecule has 1 fully saturated rings. The molecule has 1 aliphatic rings. The summed E-state index contributed by atoms with van der Waals surface area (Å²) in [6.07, 6.45) is 1.28. The highest BCUT2D eigenvalue weighted by molar-refractivity contribution is 7.80. The van der Waals surface area contributed by atoms with Crippen LogP contribution in [0.15, 0.2) is 47.5 Å². The predicted octanol–water partition coefficient (Wildman–Crippen LogP) is 4.07. The van der Waals surface area contributed by atoms with Crippen molar-refractivity contribution in [2.45, 2.75) is 6.92 Å². The molecule has 1 saturated heterocycles. The number of hydrogen-bond acceptors (Lipinski definition) is 4. The smallest absolute Gasteiger partial charge is 0.251 e. The Labute approximate surface area is 165 Å². The second-order valence-corrected chi connectivity index (χ2v) is 6.86. The van der Waals surface area contributed by atoms with Gasteiger partial charge in [-0.2, -0.15) is 0 Å². The molecular weight excluding hydrogens is 393 g/mol. The zero-order chi connectivity index (χ0) is 18.8. The molecule has 0 radical (unpaired) electrons. The first-order valence-corrected chi connectivity index (χ1v) is 8.78. The van der Waals surface area contributed by atoms with Crippen molar-refractivity contribution in [3.05, 3.63) is 58.1 Å². The van der Waals surface area contributed by atoms with E-state index in [1.807, 2.05) is 19.1 Å². The standard InChI is InChI=1S/C18H13Cl2N3O2S/c1-10-2-5-12(6-3-10)23-17(25)13(16(24)22-18(23)26)9-21-11-4-7-14(19)15(20)8-11/h2-9,13H,1H3,(H,22,24,26)/t13-/m0/s1. The van der Waals surface area contributed by atoms with Gasteiger partial charge in [0.1, 0.15) is 0 Å². The first-order chi connectivity index (χ1) is 12.4. The third-order valence-corrected chi connectivity index (χ3v) is 4.79. The Bertz CT molecular complexity index is 929. The fourth-order valence-corrected chi connectivity index (χ4v) is 2.97. The molecule has 2 amide bonds. The maximum atomic E-state index is 12.8. The van der Waals surface area contributed by atoms with Crippen LogP contribution in [-0.4, -0.2) is 23.1 Å². The second kappa shape index (κ2) is 7.53. The van der Waals surface area contributed by atoms with Gasteiger partial charge in [-0.1, -0.05) is 40.9 Å². The molecule has 26 heavy (non-hydrogen) atoms. The average Bonchev–Trinajstić information content (AvgIpc) is 2.59. The summed E-state index contributed by atoms with van der Waals surface area (Å²) < 4.78 is 0. The molecule has 3 rings (SSSR count). The van der Waals surface area contributed by atoms with Gasteiger partial charge in [0.25, 0.3) is 5.91 Å². The number of carbonyl (C=O) groups is 2. The van der Waals surface area contributed by atoms with Crippen molar-refractivity contribution in [1.82, 2.24) is 5.32 Å². The Morgan fingerprint density at radius 2 is 1.81 bits per heavy atom. The fraction of sp³-hybridized carbons (Fsp3) is 0.111. The number of aryl methyl sites for hydroxylation is 1. The Balaban J connectivity index is 1.88. The van der Waals surface area contributed by atoms with Crippen molar-refractivity contribution in [1.29, 1.82) is 0 Å². The topological polar surface area (TPSA) is 61.8 Å². The number of thiocarbonyl (C=S) groups is 1. The van der Waals surface area contributed by atoms with Gasteiger partial charge < -0.3 is 5.32 Å². The van der Waals surface area contributed by atoms with Gasteiger partial charge in [0.05, 0.1) is 21.4 Å². The van der Waals surface area contributed by atoms with Gasteiger partial charge in [0.15, 0.2) is 11.0 Å². The number of nitrogens with one attached hydrogen (secondary N) is 1. The van der Waals surface area contributed by atoms with Crippen LogP contribution in [0.1, 0.15) is 5.56 Å². The van der Waals surface area contributed by atoms with E-state index in [1.54, 1.807) is 30.3 Å². The van der Waals surface area contributed by atoms with E-state index in [9.17, 15) is 9.59 Å². The predicted molar refractivity (Wildman–Crippen MR) is 108 cm³/mol. The Kier molecular flexibility index (Phi) is 5.36. The van der Waals surface area contributed by atoms with Gasteiger partial charge in [0.2, 0.25) is 5.91 Å². The molecule has 0 spiro atoms. The molecule has 1 aliphatic heterocycles. The van der Waals surface area contributed by atoms with Crippen molar-refractivity contribution < 1.29 is 9.59 Å². The van der Waals surface area contributed by atoms with E-state index in [1.165, 1.54) is 11.1 Å². The van der Waals surface area contributed by atoms with E-state index in [0.29, 0.717) is 21.4 Å². The van der Waals surface area contributed by atoms with Crippen LogP contribution in [0.2, 0.25) is 10.0 Å². The summed E-state index contributed by atoms with van der Waals surface area (Å²) in [6, 6.07) is 12.0. The van der Waals surface area contributed by atoms with Gasteiger partial charge in [-0.25, -0.2) is 0 Å². The van der Waals surface area contributed by atoms with Crippen molar-refractivity contribution in [2.75, 3.05) is 4.90 Å².